The number of aromatic nitrogens is 3. The molecule has 2 aromatic rings. The largest absolute Gasteiger partial charge is 0.397 e. The van der Waals surface area contributed by atoms with E-state index < -0.39 is 0 Å². The van der Waals surface area contributed by atoms with Gasteiger partial charge in [-0.3, -0.25) is 0 Å². The van der Waals surface area contributed by atoms with E-state index in [1.54, 1.807) is 6.20 Å². The van der Waals surface area contributed by atoms with Crippen molar-refractivity contribution in [3.63, 3.8) is 0 Å². The van der Waals surface area contributed by atoms with Crippen molar-refractivity contribution in [2.75, 3.05) is 11.1 Å². The van der Waals surface area contributed by atoms with E-state index >= 15 is 0 Å². The third-order valence-electron chi connectivity index (χ3n) is 2.20. The summed E-state index contributed by atoms with van der Waals surface area (Å²) in [5.74, 6) is 0.789. The zero-order chi connectivity index (χ0) is 11.4. The Morgan fingerprint density at radius 3 is 2.88 bits per heavy atom. The average Bonchev–Trinajstić information content (AvgIpc) is 2.32. The number of aryl methyl sites for hydroxylation is 1. The van der Waals surface area contributed by atoms with Crippen molar-refractivity contribution in [3.05, 3.63) is 41.9 Å². The molecule has 2 aromatic heterocycles. The summed E-state index contributed by atoms with van der Waals surface area (Å²) in [5.41, 5.74) is 8.08. The van der Waals surface area contributed by atoms with Crippen LogP contribution in [-0.2, 0) is 6.54 Å². The highest BCUT2D eigenvalue weighted by Crippen LogP contribution is 2.12. The maximum atomic E-state index is 5.68. The highest BCUT2D eigenvalue weighted by atomic mass is 15.1. The summed E-state index contributed by atoms with van der Waals surface area (Å²) in [5, 5.41) is 10.9. The number of rotatable bonds is 3. The van der Waals surface area contributed by atoms with Gasteiger partial charge in [-0.1, -0.05) is 0 Å². The van der Waals surface area contributed by atoms with Crippen LogP contribution in [0.1, 0.15) is 11.4 Å². The van der Waals surface area contributed by atoms with E-state index in [9.17, 15) is 0 Å². The molecule has 0 fully saturated rings. The van der Waals surface area contributed by atoms with Crippen molar-refractivity contribution in [2.24, 2.45) is 0 Å². The van der Waals surface area contributed by atoms with E-state index in [1.807, 2.05) is 31.2 Å². The SMILES string of the molecule is Cc1nc(NCc2cccnn2)ccc1N. The van der Waals surface area contributed by atoms with Gasteiger partial charge in [-0.05, 0) is 31.2 Å². The summed E-state index contributed by atoms with van der Waals surface area (Å²) < 4.78 is 0. The Morgan fingerprint density at radius 1 is 1.31 bits per heavy atom. The summed E-state index contributed by atoms with van der Waals surface area (Å²) in [6.07, 6.45) is 1.65. The van der Waals surface area contributed by atoms with Gasteiger partial charge in [0, 0.05) is 6.20 Å². The fourth-order valence-corrected chi connectivity index (χ4v) is 1.28. The predicted octanol–water partition coefficient (Wildman–Crippen LogP) is 1.37. The Morgan fingerprint density at radius 2 is 2.19 bits per heavy atom. The lowest BCUT2D eigenvalue weighted by atomic mass is 10.3. The second kappa shape index (κ2) is 4.57. The van der Waals surface area contributed by atoms with Gasteiger partial charge in [0.2, 0.25) is 0 Å². The highest BCUT2D eigenvalue weighted by molar-refractivity contribution is 5.49. The number of anilines is 2. The summed E-state index contributed by atoms with van der Waals surface area (Å²) in [4.78, 5) is 4.30. The quantitative estimate of drug-likeness (QED) is 0.808. The predicted molar refractivity (Wildman–Crippen MR) is 62.7 cm³/mol. The summed E-state index contributed by atoms with van der Waals surface area (Å²) in [6.45, 7) is 2.48. The lowest BCUT2D eigenvalue weighted by Gasteiger charge is -2.06. The monoisotopic (exact) mass is 215 g/mol. The minimum Gasteiger partial charge on any atom is -0.397 e. The van der Waals surface area contributed by atoms with E-state index in [1.165, 1.54) is 0 Å². The van der Waals surface area contributed by atoms with Crippen LogP contribution in [0, 0.1) is 6.92 Å². The molecule has 5 heteroatoms. The number of hydrogen-bond acceptors (Lipinski definition) is 5. The van der Waals surface area contributed by atoms with Crippen molar-refractivity contribution < 1.29 is 0 Å². The van der Waals surface area contributed by atoms with E-state index in [0.717, 1.165) is 17.2 Å². The maximum absolute atomic E-state index is 5.68. The number of nitrogens with one attached hydrogen (secondary N) is 1. The van der Waals surface area contributed by atoms with Gasteiger partial charge in [0.25, 0.3) is 0 Å². The molecule has 0 saturated carbocycles. The first-order chi connectivity index (χ1) is 7.75. The van der Waals surface area contributed by atoms with Crippen LogP contribution in [0.3, 0.4) is 0 Å². The molecule has 0 bridgehead atoms. The maximum Gasteiger partial charge on any atom is 0.126 e. The summed E-state index contributed by atoms with van der Waals surface area (Å²) in [6, 6.07) is 7.44. The fraction of sp³-hybridized carbons (Fsp3) is 0.182. The number of nitrogens with two attached hydrogens (primary N) is 1. The minimum absolute atomic E-state index is 0.601. The second-order valence-electron chi connectivity index (χ2n) is 3.44. The minimum atomic E-state index is 0.601. The number of hydrogen-bond donors (Lipinski definition) is 2. The van der Waals surface area contributed by atoms with Gasteiger partial charge in [0.1, 0.15) is 5.82 Å². The summed E-state index contributed by atoms with van der Waals surface area (Å²) in [7, 11) is 0. The zero-order valence-corrected chi connectivity index (χ0v) is 9.01. The standard InChI is InChI=1S/C11H13N5/c1-8-10(12)4-5-11(15-8)13-7-9-3-2-6-14-16-9/h2-6H,7,12H2,1H3,(H,13,15). The molecule has 0 atom stereocenters. The lowest BCUT2D eigenvalue weighted by Crippen LogP contribution is -2.05. The van der Waals surface area contributed by atoms with Gasteiger partial charge < -0.3 is 11.1 Å². The molecule has 0 aliphatic rings. The number of pyridine rings is 1. The topological polar surface area (TPSA) is 76.7 Å². The van der Waals surface area contributed by atoms with Gasteiger partial charge in [0.05, 0.1) is 23.6 Å². The van der Waals surface area contributed by atoms with E-state index in [-0.39, 0.29) is 0 Å². The molecule has 0 aromatic carbocycles. The average molecular weight is 215 g/mol. The molecule has 0 saturated heterocycles. The van der Waals surface area contributed by atoms with Gasteiger partial charge in [-0.25, -0.2) is 4.98 Å². The molecule has 82 valence electrons. The summed E-state index contributed by atoms with van der Waals surface area (Å²) >= 11 is 0. The normalized spacial score (nSPS) is 10.1. The van der Waals surface area contributed by atoms with E-state index in [2.05, 4.69) is 20.5 Å². The molecule has 5 nitrogen and oxygen atoms in total. The molecule has 0 aliphatic heterocycles. The third kappa shape index (κ3) is 2.44. The Hall–Kier alpha value is -2.17. The van der Waals surface area contributed by atoms with Crippen molar-refractivity contribution in [3.8, 4) is 0 Å². The van der Waals surface area contributed by atoms with Gasteiger partial charge >= 0.3 is 0 Å². The first-order valence-electron chi connectivity index (χ1n) is 4.99. The van der Waals surface area contributed by atoms with Crippen molar-refractivity contribution in [1.29, 1.82) is 0 Å². The first kappa shape index (κ1) is 10.4. The molecular formula is C11H13N5. The Labute approximate surface area is 93.7 Å². The zero-order valence-electron chi connectivity index (χ0n) is 9.01. The van der Waals surface area contributed by atoms with Crippen LogP contribution in [0.5, 0.6) is 0 Å². The molecule has 0 radical (unpaired) electrons. The molecule has 16 heavy (non-hydrogen) atoms. The van der Waals surface area contributed by atoms with Crippen LogP contribution in [0.2, 0.25) is 0 Å². The highest BCUT2D eigenvalue weighted by Gasteiger charge is 1.99. The molecule has 3 N–H and O–H groups in total. The first-order valence-corrected chi connectivity index (χ1v) is 4.99. The van der Waals surface area contributed by atoms with Crippen LogP contribution >= 0.6 is 0 Å². The van der Waals surface area contributed by atoms with Crippen LogP contribution in [0.25, 0.3) is 0 Å². The number of nitrogens with zero attached hydrogens (tertiary/aromatic N) is 3. The van der Waals surface area contributed by atoms with Crippen LogP contribution in [-0.4, -0.2) is 15.2 Å². The van der Waals surface area contributed by atoms with Crippen LogP contribution in [0.15, 0.2) is 30.5 Å². The second-order valence-corrected chi connectivity index (χ2v) is 3.44. The van der Waals surface area contributed by atoms with Crippen molar-refractivity contribution in [1.82, 2.24) is 15.2 Å². The molecule has 2 rings (SSSR count). The van der Waals surface area contributed by atoms with Crippen LogP contribution < -0.4 is 11.1 Å². The van der Waals surface area contributed by atoms with Gasteiger partial charge in [-0.15, -0.1) is 0 Å². The number of nitrogen functional groups attached to an aromatic ring is 1. The fourth-order valence-electron chi connectivity index (χ4n) is 1.28. The Balaban J connectivity index is 2.03. The molecule has 0 aliphatic carbocycles. The molecule has 0 amide bonds. The molecular weight excluding hydrogens is 202 g/mol. The Kier molecular flexibility index (Phi) is 2.95. The van der Waals surface area contributed by atoms with Gasteiger partial charge in [0.15, 0.2) is 0 Å². The molecule has 2 heterocycles. The van der Waals surface area contributed by atoms with Gasteiger partial charge in [-0.2, -0.15) is 10.2 Å². The van der Waals surface area contributed by atoms with Crippen LogP contribution in [0.4, 0.5) is 11.5 Å². The third-order valence-corrected chi connectivity index (χ3v) is 2.20. The van der Waals surface area contributed by atoms with E-state index in [0.29, 0.717) is 12.2 Å². The van der Waals surface area contributed by atoms with Crippen molar-refractivity contribution in [2.45, 2.75) is 13.5 Å². The Bertz CT molecular complexity index is 469. The lowest BCUT2D eigenvalue weighted by molar-refractivity contribution is 0.919. The van der Waals surface area contributed by atoms with Crippen molar-refractivity contribution >= 4 is 11.5 Å². The smallest absolute Gasteiger partial charge is 0.126 e. The molecule has 0 spiro atoms. The molecule has 0 unspecified atom stereocenters. The van der Waals surface area contributed by atoms with E-state index in [4.69, 9.17) is 5.73 Å².